The van der Waals surface area contributed by atoms with Crippen LogP contribution in [-0.4, -0.2) is 29.2 Å². The number of alkyl halides is 4. The van der Waals surface area contributed by atoms with E-state index in [4.69, 9.17) is 0 Å². The van der Waals surface area contributed by atoms with Crippen molar-refractivity contribution in [2.45, 2.75) is 25.2 Å². The highest BCUT2D eigenvalue weighted by molar-refractivity contribution is 5.78. The van der Waals surface area contributed by atoms with E-state index in [0.717, 1.165) is 12.1 Å². The monoisotopic (exact) mass is 287 g/mol. The minimum Gasteiger partial charge on any atom is -0.342 e. The fourth-order valence-corrected chi connectivity index (χ4v) is 2.38. The van der Waals surface area contributed by atoms with Crippen LogP contribution in [0.4, 0.5) is 23.5 Å². The van der Waals surface area contributed by atoms with Gasteiger partial charge in [0, 0.05) is 13.1 Å². The van der Waals surface area contributed by atoms with Crippen LogP contribution >= 0.6 is 0 Å². The van der Waals surface area contributed by atoms with Gasteiger partial charge in [-0.25, -0.2) is 9.37 Å². The Kier molecular flexibility index (Phi) is 3.07. The summed E-state index contributed by atoms with van der Waals surface area (Å²) in [5.41, 5.74) is 0.121. The number of nitrogens with one attached hydrogen (secondary N) is 1. The third kappa shape index (κ3) is 2.44. The van der Waals surface area contributed by atoms with E-state index in [9.17, 15) is 17.6 Å². The van der Waals surface area contributed by atoms with Gasteiger partial charge in [-0.1, -0.05) is 0 Å². The van der Waals surface area contributed by atoms with E-state index in [0.29, 0.717) is 42.9 Å². The minimum atomic E-state index is -4.37. The van der Waals surface area contributed by atoms with Crippen molar-refractivity contribution in [2.24, 2.45) is 0 Å². The van der Waals surface area contributed by atoms with Crippen molar-refractivity contribution >= 4 is 17.0 Å². The normalized spacial score (nSPS) is 17.9. The van der Waals surface area contributed by atoms with E-state index in [2.05, 4.69) is 9.97 Å². The number of halogens is 4. The van der Waals surface area contributed by atoms with Gasteiger partial charge in [-0.2, -0.15) is 13.2 Å². The summed E-state index contributed by atoms with van der Waals surface area (Å²) in [4.78, 5) is 9.01. The van der Waals surface area contributed by atoms with Crippen molar-refractivity contribution < 1.29 is 17.6 Å². The Morgan fingerprint density at radius 3 is 2.55 bits per heavy atom. The number of rotatable bonds is 1. The number of hydrogen-bond acceptors (Lipinski definition) is 2. The van der Waals surface area contributed by atoms with Crippen LogP contribution in [0.2, 0.25) is 0 Å². The van der Waals surface area contributed by atoms with Gasteiger partial charge in [-0.15, -0.1) is 0 Å². The van der Waals surface area contributed by atoms with Crippen LogP contribution in [0.1, 0.15) is 18.4 Å². The van der Waals surface area contributed by atoms with Crippen LogP contribution in [-0.2, 0) is 6.18 Å². The molecule has 3 rings (SSSR count). The molecule has 0 bridgehead atoms. The van der Waals surface area contributed by atoms with E-state index in [1.807, 2.05) is 4.90 Å². The van der Waals surface area contributed by atoms with Crippen molar-refractivity contribution in [3.8, 4) is 0 Å². The van der Waals surface area contributed by atoms with Crippen LogP contribution in [0, 0.1) is 0 Å². The third-order valence-electron chi connectivity index (χ3n) is 3.52. The highest BCUT2D eigenvalue weighted by atomic mass is 19.4. The molecule has 0 unspecified atom stereocenters. The molecule has 1 aliphatic heterocycles. The molecule has 0 saturated carbocycles. The topological polar surface area (TPSA) is 31.9 Å². The van der Waals surface area contributed by atoms with Crippen molar-refractivity contribution in [3.05, 3.63) is 23.8 Å². The lowest BCUT2D eigenvalue weighted by atomic mass is 10.1. The van der Waals surface area contributed by atoms with Gasteiger partial charge in [0.05, 0.1) is 16.6 Å². The number of H-pyrrole nitrogens is 1. The molecule has 1 saturated heterocycles. The molecule has 20 heavy (non-hydrogen) atoms. The van der Waals surface area contributed by atoms with Gasteiger partial charge in [-0.05, 0) is 31.0 Å². The van der Waals surface area contributed by atoms with Crippen LogP contribution in [0.25, 0.3) is 11.0 Å². The maximum atomic E-state index is 13.1. The summed E-state index contributed by atoms with van der Waals surface area (Å²) < 4.78 is 51.0. The first kappa shape index (κ1) is 13.2. The molecule has 3 nitrogen and oxygen atoms in total. The summed E-state index contributed by atoms with van der Waals surface area (Å²) in [5, 5.41) is 0. The number of hydrogen-bond donors (Lipinski definition) is 1. The Hall–Kier alpha value is -1.79. The second kappa shape index (κ2) is 4.64. The summed E-state index contributed by atoms with van der Waals surface area (Å²) in [6, 6.07) is 3.41. The number of anilines is 1. The highest BCUT2D eigenvalue weighted by Crippen LogP contribution is 2.31. The second-order valence-corrected chi connectivity index (χ2v) is 4.95. The number of aromatic nitrogens is 2. The fourth-order valence-electron chi connectivity index (χ4n) is 2.38. The molecule has 1 aliphatic rings. The fraction of sp³-hybridized carbons (Fsp3) is 0.462. The van der Waals surface area contributed by atoms with E-state index in [-0.39, 0.29) is 0 Å². The molecule has 1 N–H and O–H groups in total. The number of imidazole rings is 1. The van der Waals surface area contributed by atoms with Gasteiger partial charge in [0.2, 0.25) is 5.95 Å². The largest absolute Gasteiger partial charge is 0.416 e. The van der Waals surface area contributed by atoms with Crippen LogP contribution in [0.15, 0.2) is 18.2 Å². The maximum Gasteiger partial charge on any atom is 0.416 e. The summed E-state index contributed by atoms with van der Waals surface area (Å²) in [5.74, 6) is 0.506. The third-order valence-corrected chi connectivity index (χ3v) is 3.52. The van der Waals surface area contributed by atoms with Gasteiger partial charge in [0.1, 0.15) is 6.17 Å². The molecular formula is C13H13F4N3. The van der Waals surface area contributed by atoms with Crippen molar-refractivity contribution in [1.82, 2.24) is 9.97 Å². The number of aromatic amines is 1. The zero-order valence-electron chi connectivity index (χ0n) is 10.5. The standard InChI is InChI=1S/C13H13F4N3/c14-9-3-5-20(6-4-9)12-18-10-2-1-8(13(15,16)17)7-11(10)19-12/h1-2,7,9H,3-6H2,(H,18,19). The van der Waals surface area contributed by atoms with E-state index < -0.39 is 17.9 Å². The highest BCUT2D eigenvalue weighted by Gasteiger charge is 2.31. The van der Waals surface area contributed by atoms with Gasteiger partial charge in [-0.3, -0.25) is 0 Å². The zero-order chi connectivity index (χ0) is 14.3. The lowest BCUT2D eigenvalue weighted by Gasteiger charge is -2.28. The quantitative estimate of drug-likeness (QED) is 0.814. The maximum absolute atomic E-state index is 13.1. The Bertz CT molecular complexity index is 612. The molecular weight excluding hydrogens is 274 g/mol. The molecule has 0 aliphatic carbocycles. The first-order chi connectivity index (χ1) is 9.43. The molecule has 0 spiro atoms. The first-order valence-corrected chi connectivity index (χ1v) is 6.39. The van der Waals surface area contributed by atoms with Crippen molar-refractivity contribution in [2.75, 3.05) is 18.0 Å². The van der Waals surface area contributed by atoms with Crippen LogP contribution in [0.3, 0.4) is 0 Å². The number of nitrogens with zero attached hydrogens (tertiary/aromatic N) is 2. The van der Waals surface area contributed by atoms with Gasteiger partial charge >= 0.3 is 6.18 Å². The molecule has 0 radical (unpaired) electrons. The molecule has 1 aromatic heterocycles. The molecule has 1 aromatic carbocycles. The smallest absolute Gasteiger partial charge is 0.342 e. The van der Waals surface area contributed by atoms with Crippen LogP contribution < -0.4 is 4.90 Å². The Balaban J connectivity index is 1.91. The Morgan fingerprint density at radius 1 is 1.20 bits per heavy atom. The minimum absolute atomic E-state index is 0.345. The molecule has 0 amide bonds. The zero-order valence-corrected chi connectivity index (χ0v) is 10.5. The van der Waals surface area contributed by atoms with E-state index >= 15 is 0 Å². The molecule has 108 valence electrons. The van der Waals surface area contributed by atoms with Crippen LogP contribution in [0.5, 0.6) is 0 Å². The Labute approximate surface area is 112 Å². The lowest BCUT2D eigenvalue weighted by molar-refractivity contribution is -0.137. The molecule has 2 heterocycles. The molecule has 1 fully saturated rings. The predicted molar refractivity (Wildman–Crippen MR) is 67.4 cm³/mol. The summed E-state index contributed by atoms with van der Waals surface area (Å²) in [6.45, 7) is 1.04. The SMILES string of the molecule is FC1CCN(c2nc3ccc(C(F)(F)F)cc3[nH]2)CC1. The number of piperidine rings is 1. The average Bonchev–Trinajstić information content (AvgIpc) is 2.81. The lowest BCUT2D eigenvalue weighted by Crippen LogP contribution is -2.34. The Morgan fingerprint density at radius 2 is 1.90 bits per heavy atom. The van der Waals surface area contributed by atoms with Crippen molar-refractivity contribution in [3.63, 3.8) is 0 Å². The average molecular weight is 287 g/mol. The first-order valence-electron chi connectivity index (χ1n) is 6.39. The van der Waals surface area contributed by atoms with E-state index in [1.54, 1.807) is 0 Å². The van der Waals surface area contributed by atoms with Gasteiger partial charge in [0.25, 0.3) is 0 Å². The summed E-state index contributed by atoms with van der Waals surface area (Å²) in [7, 11) is 0. The van der Waals surface area contributed by atoms with E-state index in [1.165, 1.54) is 6.07 Å². The number of benzene rings is 1. The number of fused-ring (bicyclic) bond motifs is 1. The molecule has 0 atom stereocenters. The van der Waals surface area contributed by atoms with Crippen molar-refractivity contribution in [1.29, 1.82) is 0 Å². The molecule has 2 aromatic rings. The summed E-state index contributed by atoms with van der Waals surface area (Å²) >= 11 is 0. The molecule has 7 heteroatoms. The second-order valence-electron chi connectivity index (χ2n) is 4.95. The van der Waals surface area contributed by atoms with Gasteiger partial charge in [0.15, 0.2) is 0 Å². The van der Waals surface area contributed by atoms with Gasteiger partial charge < -0.3 is 9.88 Å². The summed E-state index contributed by atoms with van der Waals surface area (Å²) in [6.07, 6.45) is -4.32. The predicted octanol–water partition coefficient (Wildman–Crippen LogP) is 3.52.